The van der Waals surface area contributed by atoms with E-state index < -0.39 is 16.1 Å². The van der Waals surface area contributed by atoms with Crippen LogP contribution in [-0.2, 0) is 12.0 Å². The standard InChI is InChI=1S/C25H24N2O4/c1-24(2)21-10-6-7-11-22(21)26(17-19-16-20(27(30)31)12-13-23(19)28)25(24,29)15-14-18-8-4-3-5-9-18/h3-16,28-29H,17H2,1-2H3/b15-14+. The van der Waals surface area contributed by atoms with Gasteiger partial charge in [-0.05, 0) is 29.3 Å². The number of aromatic hydroxyl groups is 1. The molecule has 6 heteroatoms. The summed E-state index contributed by atoms with van der Waals surface area (Å²) in [5.74, 6) is -0.0535. The van der Waals surface area contributed by atoms with Crippen LogP contribution in [0.3, 0.4) is 0 Å². The molecule has 0 saturated carbocycles. The fourth-order valence-corrected chi connectivity index (χ4v) is 4.22. The Balaban J connectivity index is 1.82. The predicted octanol–water partition coefficient (Wildman–Crippen LogP) is 5.00. The number of anilines is 1. The lowest BCUT2D eigenvalue weighted by Gasteiger charge is -2.41. The number of hydrogen-bond acceptors (Lipinski definition) is 5. The molecule has 1 unspecified atom stereocenters. The van der Waals surface area contributed by atoms with Crippen molar-refractivity contribution in [1.82, 2.24) is 0 Å². The Bertz CT molecular complexity index is 1160. The minimum Gasteiger partial charge on any atom is -0.508 e. The Hall–Kier alpha value is -3.64. The van der Waals surface area contributed by atoms with E-state index in [1.165, 1.54) is 18.2 Å². The quantitative estimate of drug-likeness (QED) is 0.451. The van der Waals surface area contributed by atoms with Crippen molar-refractivity contribution < 1.29 is 15.1 Å². The van der Waals surface area contributed by atoms with Crippen LogP contribution in [0.1, 0.15) is 30.5 Å². The van der Waals surface area contributed by atoms with Crippen molar-refractivity contribution in [3.8, 4) is 5.75 Å². The van der Waals surface area contributed by atoms with Gasteiger partial charge in [-0.1, -0.05) is 68.5 Å². The lowest BCUT2D eigenvalue weighted by molar-refractivity contribution is -0.384. The molecule has 3 aromatic carbocycles. The molecule has 0 fully saturated rings. The molecular formula is C25H24N2O4. The van der Waals surface area contributed by atoms with Crippen LogP contribution in [-0.4, -0.2) is 20.9 Å². The molecule has 1 atom stereocenters. The average molecular weight is 416 g/mol. The van der Waals surface area contributed by atoms with Crippen LogP contribution in [0.25, 0.3) is 6.08 Å². The van der Waals surface area contributed by atoms with Crippen LogP contribution in [0.2, 0.25) is 0 Å². The van der Waals surface area contributed by atoms with Crippen molar-refractivity contribution in [2.75, 3.05) is 4.90 Å². The van der Waals surface area contributed by atoms with E-state index in [4.69, 9.17) is 0 Å². The van der Waals surface area contributed by atoms with Crippen LogP contribution in [0.4, 0.5) is 11.4 Å². The van der Waals surface area contributed by atoms with Crippen LogP contribution in [0.15, 0.2) is 78.9 Å². The predicted molar refractivity (Wildman–Crippen MR) is 121 cm³/mol. The maximum Gasteiger partial charge on any atom is 0.270 e. The van der Waals surface area contributed by atoms with Crippen LogP contribution < -0.4 is 4.90 Å². The molecule has 1 aliphatic rings. The first-order chi connectivity index (χ1) is 14.7. The molecule has 31 heavy (non-hydrogen) atoms. The number of non-ortho nitro benzene ring substituents is 1. The fourth-order valence-electron chi connectivity index (χ4n) is 4.22. The van der Waals surface area contributed by atoms with E-state index in [1.54, 1.807) is 11.0 Å². The number of nitro groups is 1. The van der Waals surface area contributed by atoms with Gasteiger partial charge in [0.05, 0.1) is 4.92 Å². The van der Waals surface area contributed by atoms with Gasteiger partial charge in [-0.3, -0.25) is 10.1 Å². The molecule has 3 aromatic rings. The summed E-state index contributed by atoms with van der Waals surface area (Å²) in [4.78, 5) is 12.5. The van der Waals surface area contributed by atoms with Gasteiger partial charge in [-0.25, -0.2) is 0 Å². The Morgan fingerprint density at radius 1 is 1.03 bits per heavy atom. The lowest BCUT2D eigenvalue weighted by atomic mass is 9.77. The number of hydrogen-bond donors (Lipinski definition) is 2. The van der Waals surface area contributed by atoms with Crippen molar-refractivity contribution in [1.29, 1.82) is 0 Å². The number of phenolic OH excluding ortho intramolecular Hbond substituents is 1. The molecule has 2 N–H and O–H groups in total. The number of aliphatic hydroxyl groups is 1. The third-order valence-electron chi connectivity index (χ3n) is 6.11. The van der Waals surface area contributed by atoms with E-state index in [0.717, 1.165) is 16.8 Å². The second-order valence-electron chi connectivity index (χ2n) is 8.27. The van der Waals surface area contributed by atoms with E-state index in [9.17, 15) is 20.3 Å². The van der Waals surface area contributed by atoms with E-state index in [1.807, 2.05) is 74.5 Å². The van der Waals surface area contributed by atoms with Gasteiger partial charge in [0.1, 0.15) is 5.75 Å². The maximum absolute atomic E-state index is 12.0. The number of fused-ring (bicyclic) bond motifs is 1. The minimum absolute atomic E-state index is 0.0535. The highest BCUT2D eigenvalue weighted by atomic mass is 16.6. The van der Waals surface area contributed by atoms with Gasteiger partial charge in [0.15, 0.2) is 5.72 Å². The molecule has 0 aromatic heterocycles. The number of nitrogens with zero attached hydrogens (tertiary/aromatic N) is 2. The Morgan fingerprint density at radius 2 is 1.71 bits per heavy atom. The highest BCUT2D eigenvalue weighted by molar-refractivity contribution is 5.69. The zero-order chi connectivity index (χ0) is 22.2. The molecular weight excluding hydrogens is 392 g/mol. The molecule has 0 aliphatic carbocycles. The number of para-hydroxylation sites is 1. The normalized spacial score (nSPS) is 19.5. The molecule has 0 spiro atoms. The summed E-state index contributed by atoms with van der Waals surface area (Å²) in [6.45, 7) is 4.03. The molecule has 0 radical (unpaired) electrons. The van der Waals surface area contributed by atoms with Crippen LogP contribution in [0, 0.1) is 10.1 Å². The number of rotatable bonds is 5. The first kappa shape index (κ1) is 20.6. The van der Waals surface area contributed by atoms with Gasteiger partial charge >= 0.3 is 0 Å². The Labute approximate surface area is 180 Å². The summed E-state index contributed by atoms with van der Waals surface area (Å²) in [5.41, 5.74) is 0.880. The second kappa shape index (κ2) is 7.56. The monoisotopic (exact) mass is 416 g/mol. The Morgan fingerprint density at radius 3 is 2.42 bits per heavy atom. The van der Waals surface area contributed by atoms with Gasteiger partial charge in [0, 0.05) is 35.3 Å². The first-order valence-corrected chi connectivity index (χ1v) is 10.0. The third-order valence-corrected chi connectivity index (χ3v) is 6.11. The van der Waals surface area contributed by atoms with Gasteiger partial charge in [0.2, 0.25) is 0 Å². The van der Waals surface area contributed by atoms with Crippen molar-refractivity contribution in [3.63, 3.8) is 0 Å². The van der Waals surface area contributed by atoms with Gasteiger partial charge in [-0.2, -0.15) is 0 Å². The summed E-state index contributed by atoms with van der Waals surface area (Å²) in [6.07, 6.45) is 3.63. The lowest BCUT2D eigenvalue weighted by Crippen LogP contribution is -2.54. The zero-order valence-electron chi connectivity index (χ0n) is 17.4. The highest BCUT2D eigenvalue weighted by Crippen LogP contribution is 2.52. The molecule has 1 heterocycles. The largest absolute Gasteiger partial charge is 0.508 e. The summed E-state index contributed by atoms with van der Waals surface area (Å²) in [7, 11) is 0. The van der Waals surface area contributed by atoms with Crippen LogP contribution in [0.5, 0.6) is 5.75 Å². The molecule has 6 nitrogen and oxygen atoms in total. The van der Waals surface area contributed by atoms with E-state index >= 15 is 0 Å². The molecule has 0 amide bonds. The van der Waals surface area contributed by atoms with Crippen molar-refractivity contribution in [2.24, 2.45) is 0 Å². The zero-order valence-corrected chi connectivity index (χ0v) is 17.4. The minimum atomic E-state index is -1.43. The molecule has 0 bridgehead atoms. The summed E-state index contributed by atoms with van der Waals surface area (Å²) < 4.78 is 0. The SMILES string of the molecule is CC1(C)c2ccccc2N(Cc2cc([N+](=O)[O-])ccc2O)C1(O)/C=C/c1ccccc1. The average Bonchev–Trinajstić information content (AvgIpc) is 2.93. The summed E-state index contributed by atoms with van der Waals surface area (Å²) in [6, 6.07) is 21.3. The first-order valence-electron chi connectivity index (χ1n) is 10.0. The molecule has 1 aliphatic heterocycles. The van der Waals surface area contributed by atoms with Gasteiger partial charge in [-0.15, -0.1) is 0 Å². The summed E-state index contributed by atoms with van der Waals surface area (Å²) in [5, 5.41) is 33.6. The van der Waals surface area contributed by atoms with Gasteiger partial charge < -0.3 is 15.1 Å². The van der Waals surface area contributed by atoms with Crippen LogP contribution >= 0.6 is 0 Å². The molecule has 4 rings (SSSR count). The highest BCUT2D eigenvalue weighted by Gasteiger charge is 2.54. The summed E-state index contributed by atoms with van der Waals surface area (Å²) >= 11 is 0. The Kier molecular flexibility index (Phi) is 5.03. The van der Waals surface area contributed by atoms with Crippen molar-refractivity contribution in [2.45, 2.75) is 31.5 Å². The topological polar surface area (TPSA) is 86.8 Å². The van der Waals surface area contributed by atoms with E-state index in [2.05, 4.69) is 0 Å². The second-order valence-corrected chi connectivity index (χ2v) is 8.27. The van der Waals surface area contributed by atoms with E-state index in [-0.39, 0.29) is 18.0 Å². The fraction of sp³-hybridized carbons (Fsp3) is 0.200. The van der Waals surface area contributed by atoms with E-state index in [0.29, 0.717) is 5.56 Å². The molecule has 0 saturated heterocycles. The van der Waals surface area contributed by atoms with Crippen molar-refractivity contribution >= 4 is 17.5 Å². The molecule has 158 valence electrons. The number of phenols is 1. The third kappa shape index (κ3) is 3.45. The van der Waals surface area contributed by atoms with Crippen molar-refractivity contribution in [3.05, 3.63) is 106 Å². The van der Waals surface area contributed by atoms with Gasteiger partial charge in [0.25, 0.3) is 5.69 Å². The maximum atomic E-state index is 12.0. The number of benzene rings is 3. The smallest absolute Gasteiger partial charge is 0.270 e. The number of nitro benzene ring substituents is 1.